The van der Waals surface area contributed by atoms with Gasteiger partial charge in [0, 0.05) is 18.2 Å². The van der Waals surface area contributed by atoms with Crippen molar-refractivity contribution in [1.82, 2.24) is 5.32 Å². The first-order chi connectivity index (χ1) is 17.4. The molecule has 2 aromatic rings. The normalized spacial score (nSPS) is 23.4. The van der Waals surface area contributed by atoms with Gasteiger partial charge in [-0.1, -0.05) is 12.1 Å². The molecule has 1 amide bonds. The number of hydrogen-bond acceptors (Lipinski definition) is 3. The van der Waals surface area contributed by atoms with Crippen molar-refractivity contribution >= 4 is 11.6 Å². The van der Waals surface area contributed by atoms with Crippen LogP contribution in [0.15, 0.2) is 42.5 Å². The number of rotatable bonds is 5. The van der Waals surface area contributed by atoms with E-state index in [0.29, 0.717) is 5.56 Å². The van der Waals surface area contributed by atoms with Gasteiger partial charge in [-0.25, -0.2) is 0 Å². The molecular formula is C25H23F9N2O2. The van der Waals surface area contributed by atoms with Crippen LogP contribution in [-0.2, 0) is 22.6 Å². The Bertz CT molecular complexity index is 1160. The minimum atomic E-state index is -5.39. The molecule has 1 aliphatic heterocycles. The van der Waals surface area contributed by atoms with Crippen molar-refractivity contribution in [2.45, 2.75) is 62.4 Å². The van der Waals surface area contributed by atoms with Crippen LogP contribution >= 0.6 is 0 Å². The van der Waals surface area contributed by atoms with E-state index in [1.54, 1.807) is 6.92 Å². The van der Waals surface area contributed by atoms with Crippen LogP contribution in [-0.4, -0.2) is 30.0 Å². The molecule has 208 valence electrons. The van der Waals surface area contributed by atoms with Crippen LogP contribution in [0.1, 0.15) is 54.5 Å². The van der Waals surface area contributed by atoms with Crippen LogP contribution < -0.4 is 10.2 Å². The molecule has 38 heavy (non-hydrogen) atoms. The van der Waals surface area contributed by atoms with Crippen LogP contribution in [0.5, 0.6) is 0 Å². The number of nitrogens with zero attached hydrogens (tertiary/aromatic N) is 1. The molecule has 0 radical (unpaired) electrons. The average Bonchev–Trinajstić information content (AvgIpc) is 3.60. The lowest BCUT2D eigenvalue weighted by molar-refractivity contribution is -0.211. The maximum Gasteiger partial charge on any atom is 0.416 e. The predicted octanol–water partition coefficient (Wildman–Crippen LogP) is 6.34. The molecule has 2 fully saturated rings. The number of aliphatic hydroxyl groups is 1. The number of hydrogen-bond donors (Lipinski definition) is 2. The van der Waals surface area contributed by atoms with E-state index in [4.69, 9.17) is 0 Å². The third-order valence-electron chi connectivity index (χ3n) is 7.12. The Morgan fingerprint density at radius 3 is 1.92 bits per heavy atom. The zero-order chi connectivity index (χ0) is 28.3. The second kappa shape index (κ2) is 9.35. The van der Waals surface area contributed by atoms with Crippen LogP contribution in [0, 0.1) is 5.92 Å². The molecule has 2 unspecified atom stereocenters. The molecule has 1 aliphatic carbocycles. The van der Waals surface area contributed by atoms with Crippen molar-refractivity contribution in [2.24, 2.45) is 5.92 Å². The molecule has 1 saturated carbocycles. The summed E-state index contributed by atoms with van der Waals surface area (Å²) in [6, 6.07) is 5.13. The molecule has 0 spiro atoms. The van der Waals surface area contributed by atoms with E-state index in [2.05, 4.69) is 5.32 Å². The van der Waals surface area contributed by atoms with E-state index < -0.39 is 65.9 Å². The van der Waals surface area contributed by atoms with E-state index in [0.717, 1.165) is 17.7 Å². The van der Waals surface area contributed by atoms with Gasteiger partial charge >= 0.3 is 18.5 Å². The van der Waals surface area contributed by atoms with E-state index in [-0.39, 0.29) is 35.7 Å². The summed E-state index contributed by atoms with van der Waals surface area (Å²) in [5.41, 5.74) is -7.85. The van der Waals surface area contributed by atoms with Crippen LogP contribution in [0.25, 0.3) is 0 Å². The molecular weight excluding hydrogens is 531 g/mol. The quantitative estimate of drug-likeness (QED) is 0.425. The predicted molar refractivity (Wildman–Crippen MR) is 118 cm³/mol. The number of amides is 1. The smallest absolute Gasteiger partial charge is 0.372 e. The highest BCUT2D eigenvalue weighted by molar-refractivity contribution is 5.81. The topological polar surface area (TPSA) is 52.6 Å². The lowest BCUT2D eigenvalue weighted by Crippen LogP contribution is -2.52. The van der Waals surface area contributed by atoms with Crippen molar-refractivity contribution in [3.05, 3.63) is 64.7 Å². The van der Waals surface area contributed by atoms with Crippen molar-refractivity contribution < 1.29 is 49.4 Å². The number of benzene rings is 2. The van der Waals surface area contributed by atoms with Gasteiger partial charge in [0.25, 0.3) is 0 Å². The second-order valence-electron chi connectivity index (χ2n) is 9.68. The van der Waals surface area contributed by atoms with Gasteiger partial charge in [-0.05, 0) is 67.6 Å². The van der Waals surface area contributed by atoms with E-state index >= 15 is 0 Å². The molecule has 4 rings (SSSR count). The Labute approximate surface area is 211 Å². The number of nitrogens with one attached hydrogen (secondary N) is 1. The number of carbonyl (C=O) groups is 1. The number of alkyl halides is 9. The minimum absolute atomic E-state index is 0.0166. The van der Waals surface area contributed by atoms with Crippen molar-refractivity contribution in [2.75, 3.05) is 11.4 Å². The molecule has 4 nitrogen and oxygen atoms in total. The first-order valence-electron chi connectivity index (χ1n) is 11.7. The largest absolute Gasteiger partial charge is 0.416 e. The fourth-order valence-electron chi connectivity index (χ4n) is 4.76. The van der Waals surface area contributed by atoms with E-state index in [9.17, 15) is 49.4 Å². The van der Waals surface area contributed by atoms with E-state index in [1.165, 1.54) is 24.3 Å². The molecule has 1 saturated heterocycles. The Morgan fingerprint density at radius 1 is 0.947 bits per heavy atom. The monoisotopic (exact) mass is 554 g/mol. The SMILES string of the molecule is C[C@H](NC(=O)C1CC1)c1ccc(N2CCC(c3cc(C(F)(F)F)cc(C(F)(F)F)c3)(C(F)(F)F)C2O)cc1. The summed E-state index contributed by atoms with van der Waals surface area (Å²) < 4.78 is 124. The highest BCUT2D eigenvalue weighted by atomic mass is 19.4. The standard InChI is InChI=1S/C25H23F9N2O2/c1-13(35-20(37)15-2-3-15)14-4-6-19(7-5-14)36-9-8-22(21(36)38,25(32,33)34)16-10-17(23(26,27)28)12-18(11-16)24(29,30)31/h4-7,10-13,15,21,38H,2-3,8-9H2,1H3,(H,35,37)/t13-,21?,22?/m0/s1. The molecule has 2 N–H and O–H groups in total. The molecule has 2 aliphatic rings. The van der Waals surface area contributed by atoms with Crippen LogP contribution in [0.4, 0.5) is 45.2 Å². The maximum absolute atomic E-state index is 14.5. The summed E-state index contributed by atoms with van der Waals surface area (Å²) in [5.74, 6) is -0.161. The first-order valence-corrected chi connectivity index (χ1v) is 11.7. The minimum Gasteiger partial charge on any atom is -0.372 e. The van der Waals surface area contributed by atoms with Crippen molar-refractivity contribution in [3.63, 3.8) is 0 Å². The number of halogens is 9. The van der Waals surface area contributed by atoms with E-state index in [1.807, 2.05) is 0 Å². The summed E-state index contributed by atoms with van der Waals surface area (Å²) in [4.78, 5) is 12.9. The highest BCUT2D eigenvalue weighted by Gasteiger charge is 2.65. The summed E-state index contributed by atoms with van der Waals surface area (Å²) in [6.07, 6.45) is -18.0. The van der Waals surface area contributed by atoms with Crippen LogP contribution in [0.3, 0.4) is 0 Å². The Balaban J connectivity index is 1.69. The zero-order valence-corrected chi connectivity index (χ0v) is 19.8. The lowest BCUT2D eigenvalue weighted by atomic mass is 9.76. The van der Waals surface area contributed by atoms with Gasteiger partial charge in [-0.15, -0.1) is 0 Å². The highest BCUT2D eigenvalue weighted by Crippen LogP contribution is 2.53. The fraction of sp³-hybridized carbons (Fsp3) is 0.480. The molecule has 2 aromatic carbocycles. The molecule has 0 bridgehead atoms. The summed E-state index contributed by atoms with van der Waals surface area (Å²) in [6.45, 7) is 1.21. The van der Waals surface area contributed by atoms with Crippen molar-refractivity contribution in [1.29, 1.82) is 0 Å². The van der Waals surface area contributed by atoms with Gasteiger partial charge in [0.2, 0.25) is 5.91 Å². The number of anilines is 1. The maximum atomic E-state index is 14.5. The van der Waals surface area contributed by atoms with Gasteiger partial charge < -0.3 is 15.3 Å². The van der Waals surface area contributed by atoms with Gasteiger partial charge in [0.15, 0.2) is 0 Å². The summed E-state index contributed by atoms with van der Waals surface area (Å²) in [7, 11) is 0. The number of aliphatic hydroxyl groups excluding tert-OH is 1. The Hall–Kier alpha value is -2.96. The van der Waals surface area contributed by atoms with Crippen LogP contribution in [0.2, 0.25) is 0 Å². The Kier molecular flexibility index (Phi) is 6.90. The van der Waals surface area contributed by atoms with Gasteiger partial charge in [0.05, 0.1) is 17.2 Å². The lowest BCUT2D eigenvalue weighted by Gasteiger charge is -2.38. The first kappa shape index (κ1) is 28.1. The summed E-state index contributed by atoms with van der Waals surface area (Å²) >= 11 is 0. The fourth-order valence-corrected chi connectivity index (χ4v) is 4.76. The zero-order valence-electron chi connectivity index (χ0n) is 19.8. The number of carbonyl (C=O) groups excluding carboxylic acids is 1. The third kappa shape index (κ3) is 5.16. The van der Waals surface area contributed by atoms with Gasteiger partial charge in [-0.2, -0.15) is 39.5 Å². The molecule has 3 atom stereocenters. The third-order valence-corrected chi connectivity index (χ3v) is 7.12. The van der Waals surface area contributed by atoms with Gasteiger partial charge in [0.1, 0.15) is 11.6 Å². The Morgan fingerprint density at radius 2 is 1.47 bits per heavy atom. The average molecular weight is 554 g/mol. The molecule has 1 heterocycles. The molecule has 0 aromatic heterocycles. The summed E-state index contributed by atoms with van der Waals surface area (Å²) in [5, 5.41) is 13.7. The van der Waals surface area contributed by atoms with Crippen molar-refractivity contribution in [3.8, 4) is 0 Å². The van der Waals surface area contributed by atoms with Gasteiger partial charge in [-0.3, -0.25) is 4.79 Å². The molecule has 13 heteroatoms. The second-order valence-corrected chi connectivity index (χ2v) is 9.68.